The molecule has 0 saturated heterocycles. The van der Waals surface area contributed by atoms with Crippen molar-refractivity contribution in [2.45, 2.75) is 13.5 Å². The second kappa shape index (κ2) is 5.89. The van der Waals surface area contributed by atoms with E-state index in [0.29, 0.717) is 29.0 Å². The van der Waals surface area contributed by atoms with Crippen LogP contribution in [0.15, 0.2) is 42.7 Å². The van der Waals surface area contributed by atoms with Gasteiger partial charge in [0.15, 0.2) is 5.65 Å². The number of fused-ring (bicyclic) bond motifs is 1. The molecule has 1 amide bonds. The maximum atomic E-state index is 12.8. The van der Waals surface area contributed by atoms with Crippen LogP contribution >= 0.6 is 0 Å². The second-order valence-corrected chi connectivity index (χ2v) is 5.32. The fourth-order valence-corrected chi connectivity index (χ4v) is 2.52. The van der Waals surface area contributed by atoms with E-state index in [0.717, 1.165) is 5.56 Å². The van der Waals surface area contributed by atoms with Gasteiger partial charge in [-0.2, -0.15) is 10.4 Å². The van der Waals surface area contributed by atoms with E-state index in [2.05, 4.69) is 16.2 Å². The third kappa shape index (κ3) is 2.77. The minimum absolute atomic E-state index is 0.140. The summed E-state index contributed by atoms with van der Waals surface area (Å²) in [6.45, 7) is 2.21. The van der Waals surface area contributed by atoms with Gasteiger partial charge in [-0.1, -0.05) is 12.1 Å². The van der Waals surface area contributed by atoms with Gasteiger partial charge in [-0.25, -0.2) is 9.50 Å². The number of nitriles is 1. The molecule has 0 saturated carbocycles. The Labute approximate surface area is 133 Å². The van der Waals surface area contributed by atoms with Crippen LogP contribution in [0.2, 0.25) is 0 Å². The van der Waals surface area contributed by atoms with Crippen molar-refractivity contribution in [3.8, 4) is 6.07 Å². The molecule has 0 atom stereocenters. The van der Waals surface area contributed by atoms with E-state index < -0.39 is 0 Å². The van der Waals surface area contributed by atoms with E-state index in [1.807, 2.05) is 12.1 Å². The molecule has 0 unspecified atom stereocenters. The van der Waals surface area contributed by atoms with E-state index in [1.165, 1.54) is 0 Å². The summed E-state index contributed by atoms with van der Waals surface area (Å²) in [6.07, 6.45) is 3.41. The first-order chi connectivity index (χ1) is 11.1. The van der Waals surface area contributed by atoms with E-state index in [9.17, 15) is 4.79 Å². The van der Waals surface area contributed by atoms with Gasteiger partial charge >= 0.3 is 0 Å². The molecule has 6 nitrogen and oxygen atoms in total. The lowest BCUT2D eigenvalue weighted by Gasteiger charge is -2.17. The van der Waals surface area contributed by atoms with Gasteiger partial charge in [-0.05, 0) is 30.7 Å². The minimum Gasteiger partial charge on any atom is -0.337 e. The molecule has 1 aromatic carbocycles. The molecule has 0 N–H and O–H groups in total. The number of nitrogens with zero attached hydrogens (tertiary/aromatic N) is 5. The standard InChI is InChI=1S/C17H15N5O/c1-12-15(16-19-7-4-8-22(16)20-12)17(23)21(2)11-14-6-3-5-13(9-14)10-18/h3-9H,11H2,1-2H3. The summed E-state index contributed by atoms with van der Waals surface area (Å²) < 4.78 is 1.60. The number of benzene rings is 1. The summed E-state index contributed by atoms with van der Waals surface area (Å²) in [7, 11) is 1.73. The summed E-state index contributed by atoms with van der Waals surface area (Å²) in [5, 5.41) is 13.3. The van der Waals surface area contributed by atoms with Crippen molar-refractivity contribution in [2.75, 3.05) is 7.05 Å². The Hall–Kier alpha value is -3.20. The molecule has 23 heavy (non-hydrogen) atoms. The van der Waals surface area contributed by atoms with Gasteiger partial charge in [0.1, 0.15) is 5.56 Å². The SMILES string of the molecule is Cc1nn2cccnc2c1C(=O)N(C)Cc1cccc(C#N)c1. The van der Waals surface area contributed by atoms with Crippen molar-refractivity contribution in [3.05, 3.63) is 65.1 Å². The smallest absolute Gasteiger partial charge is 0.259 e. The first-order valence-electron chi connectivity index (χ1n) is 7.14. The molecule has 114 valence electrons. The fourth-order valence-electron chi connectivity index (χ4n) is 2.52. The number of aryl methyl sites for hydroxylation is 1. The topological polar surface area (TPSA) is 74.3 Å². The molecule has 0 spiro atoms. The van der Waals surface area contributed by atoms with Crippen molar-refractivity contribution in [1.82, 2.24) is 19.5 Å². The van der Waals surface area contributed by atoms with Gasteiger partial charge in [-0.3, -0.25) is 4.79 Å². The van der Waals surface area contributed by atoms with Gasteiger partial charge < -0.3 is 4.90 Å². The Morgan fingerprint density at radius 3 is 3.00 bits per heavy atom. The lowest BCUT2D eigenvalue weighted by molar-refractivity contribution is 0.0786. The Morgan fingerprint density at radius 1 is 1.39 bits per heavy atom. The van der Waals surface area contributed by atoms with Gasteiger partial charge in [-0.15, -0.1) is 0 Å². The zero-order valence-electron chi connectivity index (χ0n) is 12.9. The highest BCUT2D eigenvalue weighted by molar-refractivity contribution is 6.00. The van der Waals surface area contributed by atoms with E-state index in [-0.39, 0.29) is 5.91 Å². The third-order valence-corrected chi connectivity index (χ3v) is 3.61. The monoisotopic (exact) mass is 305 g/mol. The molecule has 2 aromatic heterocycles. The van der Waals surface area contributed by atoms with E-state index in [4.69, 9.17) is 5.26 Å². The lowest BCUT2D eigenvalue weighted by atomic mass is 10.1. The maximum Gasteiger partial charge on any atom is 0.259 e. The Balaban J connectivity index is 1.89. The normalized spacial score (nSPS) is 10.5. The molecule has 0 radical (unpaired) electrons. The molecule has 0 aliphatic rings. The Bertz CT molecular complexity index is 922. The van der Waals surface area contributed by atoms with Crippen LogP contribution in [0.3, 0.4) is 0 Å². The van der Waals surface area contributed by atoms with E-state index in [1.54, 1.807) is 54.0 Å². The van der Waals surface area contributed by atoms with Crippen LogP contribution in [0, 0.1) is 18.3 Å². The zero-order chi connectivity index (χ0) is 16.4. The largest absolute Gasteiger partial charge is 0.337 e. The van der Waals surface area contributed by atoms with Crippen molar-refractivity contribution in [1.29, 1.82) is 5.26 Å². The molecular weight excluding hydrogens is 290 g/mol. The van der Waals surface area contributed by atoms with Crippen molar-refractivity contribution in [3.63, 3.8) is 0 Å². The average Bonchev–Trinajstić information content (AvgIpc) is 2.90. The summed E-state index contributed by atoms with van der Waals surface area (Å²) in [4.78, 5) is 18.6. The molecule has 0 aliphatic carbocycles. The fraction of sp³-hybridized carbons (Fsp3) is 0.176. The van der Waals surface area contributed by atoms with Crippen molar-refractivity contribution >= 4 is 11.6 Å². The van der Waals surface area contributed by atoms with Crippen LogP contribution in [0.4, 0.5) is 0 Å². The highest BCUT2D eigenvalue weighted by atomic mass is 16.2. The predicted octanol–water partition coefficient (Wildman–Crippen LogP) is 2.18. The number of carbonyl (C=O) groups is 1. The van der Waals surface area contributed by atoms with Crippen molar-refractivity contribution in [2.24, 2.45) is 0 Å². The quantitative estimate of drug-likeness (QED) is 0.743. The number of hydrogen-bond acceptors (Lipinski definition) is 4. The highest BCUT2D eigenvalue weighted by Gasteiger charge is 2.21. The van der Waals surface area contributed by atoms with Crippen LogP contribution in [-0.2, 0) is 6.54 Å². The minimum atomic E-state index is -0.140. The maximum absolute atomic E-state index is 12.8. The van der Waals surface area contributed by atoms with Crippen LogP contribution in [0.5, 0.6) is 0 Å². The van der Waals surface area contributed by atoms with Gasteiger partial charge in [0.2, 0.25) is 0 Å². The van der Waals surface area contributed by atoms with Gasteiger partial charge in [0.05, 0.1) is 17.3 Å². The third-order valence-electron chi connectivity index (χ3n) is 3.61. The molecule has 2 heterocycles. The van der Waals surface area contributed by atoms with Crippen LogP contribution in [0.1, 0.15) is 27.2 Å². The second-order valence-electron chi connectivity index (χ2n) is 5.32. The lowest BCUT2D eigenvalue weighted by Crippen LogP contribution is -2.26. The van der Waals surface area contributed by atoms with Gasteiger partial charge in [0, 0.05) is 26.0 Å². The molecule has 0 aliphatic heterocycles. The first kappa shape index (κ1) is 14.7. The molecule has 6 heteroatoms. The zero-order valence-corrected chi connectivity index (χ0v) is 12.9. The Kier molecular flexibility index (Phi) is 3.77. The Morgan fingerprint density at radius 2 is 2.22 bits per heavy atom. The van der Waals surface area contributed by atoms with Crippen LogP contribution in [-0.4, -0.2) is 32.5 Å². The van der Waals surface area contributed by atoms with E-state index >= 15 is 0 Å². The van der Waals surface area contributed by atoms with Crippen molar-refractivity contribution < 1.29 is 4.79 Å². The summed E-state index contributed by atoms with van der Waals surface area (Å²) in [5.41, 5.74) is 3.18. The first-order valence-corrected chi connectivity index (χ1v) is 7.14. The number of hydrogen-bond donors (Lipinski definition) is 0. The van der Waals surface area contributed by atoms with Crippen LogP contribution < -0.4 is 0 Å². The van der Waals surface area contributed by atoms with Crippen LogP contribution in [0.25, 0.3) is 5.65 Å². The highest BCUT2D eigenvalue weighted by Crippen LogP contribution is 2.16. The molecule has 0 fully saturated rings. The summed E-state index contributed by atoms with van der Waals surface area (Å²) >= 11 is 0. The molecule has 3 rings (SSSR count). The average molecular weight is 305 g/mol. The number of amides is 1. The number of aromatic nitrogens is 3. The predicted molar refractivity (Wildman–Crippen MR) is 84.7 cm³/mol. The summed E-state index contributed by atoms with van der Waals surface area (Å²) in [5.74, 6) is -0.140. The molecular formula is C17H15N5O. The summed E-state index contributed by atoms with van der Waals surface area (Å²) in [6, 6.07) is 11.1. The molecule has 0 bridgehead atoms. The molecule has 3 aromatic rings. The van der Waals surface area contributed by atoms with Gasteiger partial charge in [0.25, 0.3) is 5.91 Å². The number of carbonyl (C=O) groups excluding carboxylic acids is 1. The number of rotatable bonds is 3.